The predicted octanol–water partition coefficient (Wildman–Crippen LogP) is 2.58. The molecule has 0 unspecified atom stereocenters. The highest BCUT2D eigenvalue weighted by atomic mass is 16.6. The van der Waals surface area contributed by atoms with Gasteiger partial charge in [0.15, 0.2) is 6.10 Å². The molecule has 0 aliphatic carbocycles. The van der Waals surface area contributed by atoms with Crippen LogP contribution in [-0.2, 0) is 9.53 Å². The van der Waals surface area contributed by atoms with E-state index in [-0.39, 0.29) is 18.1 Å². The van der Waals surface area contributed by atoms with Crippen LogP contribution in [0, 0.1) is 0 Å². The average molecular weight is 219 g/mol. The van der Waals surface area contributed by atoms with E-state index in [9.17, 15) is 4.79 Å². The topological polar surface area (TPSA) is 41.6 Å². The molecule has 0 saturated carbocycles. The summed E-state index contributed by atoms with van der Waals surface area (Å²) < 4.78 is 5.34. The van der Waals surface area contributed by atoms with Crippen molar-refractivity contribution in [2.45, 2.75) is 38.4 Å². The van der Waals surface area contributed by atoms with Crippen LogP contribution in [0.1, 0.15) is 26.2 Å². The predicted molar refractivity (Wildman–Crippen MR) is 63.3 cm³/mol. The zero-order valence-corrected chi connectivity index (χ0v) is 9.48. The van der Waals surface area contributed by atoms with Crippen molar-refractivity contribution in [1.82, 2.24) is 0 Å². The van der Waals surface area contributed by atoms with E-state index in [1.54, 1.807) is 0 Å². The Balaban J connectivity index is 1.78. The third kappa shape index (κ3) is 2.83. The number of hydrogen-bond acceptors (Lipinski definition) is 2. The Morgan fingerprint density at radius 3 is 2.81 bits per heavy atom. The molecule has 0 bridgehead atoms. The summed E-state index contributed by atoms with van der Waals surface area (Å²) in [4.78, 5) is 11.7. The Morgan fingerprint density at radius 1 is 1.38 bits per heavy atom. The van der Waals surface area contributed by atoms with Crippen molar-refractivity contribution in [3.05, 3.63) is 30.3 Å². The van der Waals surface area contributed by atoms with Gasteiger partial charge in [-0.1, -0.05) is 38.0 Å². The monoisotopic (exact) mass is 219 g/mol. The first kappa shape index (κ1) is 11.1. The third-order valence-corrected chi connectivity index (χ3v) is 2.72. The number of amides is 1. The van der Waals surface area contributed by atoms with Gasteiger partial charge in [-0.25, -0.2) is 0 Å². The van der Waals surface area contributed by atoms with Crippen LogP contribution in [0.25, 0.3) is 0 Å². The number of ether oxygens (including phenoxy) is 1. The summed E-state index contributed by atoms with van der Waals surface area (Å²) in [5.74, 6) is -0.0210. The highest BCUT2D eigenvalue weighted by Gasteiger charge is 2.44. The Kier molecular flexibility index (Phi) is 3.57. The molecule has 1 amide bonds. The zero-order chi connectivity index (χ0) is 11.4. The Morgan fingerprint density at radius 2 is 2.12 bits per heavy atom. The van der Waals surface area contributed by atoms with Gasteiger partial charge in [0.1, 0.15) is 0 Å². The van der Waals surface area contributed by atoms with Gasteiger partial charge in [-0.2, -0.15) is 0 Å². The van der Waals surface area contributed by atoms with Gasteiger partial charge in [0, 0.05) is 5.69 Å². The van der Waals surface area contributed by atoms with E-state index in [0.29, 0.717) is 0 Å². The Labute approximate surface area is 95.8 Å². The highest BCUT2D eigenvalue weighted by Crippen LogP contribution is 2.28. The maximum atomic E-state index is 11.7. The second kappa shape index (κ2) is 5.12. The number of para-hydroxylation sites is 1. The fourth-order valence-electron chi connectivity index (χ4n) is 1.73. The molecule has 0 radical (unpaired) electrons. The van der Waals surface area contributed by atoms with Gasteiger partial charge in [-0.15, -0.1) is 0 Å². The van der Waals surface area contributed by atoms with E-state index in [2.05, 4.69) is 12.2 Å². The van der Waals surface area contributed by atoms with E-state index in [0.717, 1.165) is 24.9 Å². The maximum Gasteiger partial charge on any atom is 0.256 e. The van der Waals surface area contributed by atoms with Crippen molar-refractivity contribution in [3.63, 3.8) is 0 Å². The lowest BCUT2D eigenvalue weighted by Crippen LogP contribution is -2.19. The SMILES string of the molecule is CCCC[C@@H]1O[C@@H]1C(=O)Nc1ccccc1. The van der Waals surface area contributed by atoms with Crippen molar-refractivity contribution >= 4 is 11.6 Å². The summed E-state index contributed by atoms with van der Waals surface area (Å²) in [7, 11) is 0. The van der Waals surface area contributed by atoms with Gasteiger partial charge in [0.25, 0.3) is 5.91 Å². The summed E-state index contributed by atoms with van der Waals surface area (Å²) in [6, 6.07) is 9.48. The lowest BCUT2D eigenvalue weighted by Gasteiger charge is -2.01. The van der Waals surface area contributed by atoms with Crippen LogP contribution in [-0.4, -0.2) is 18.1 Å². The van der Waals surface area contributed by atoms with Gasteiger partial charge < -0.3 is 10.1 Å². The van der Waals surface area contributed by atoms with Gasteiger partial charge in [-0.05, 0) is 18.6 Å². The number of rotatable bonds is 5. The first-order valence-corrected chi connectivity index (χ1v) is 5.82. The number of hydrogen-bond donors (Lipinski definition) is 1. The molecule has 0 spiro atoms. The molecule has 1 heterocycles. The van der Waals surface area contributed by atoms with Crippen LogP contribution < -0.4 is 5.32 Å². The summed E-state index contributed by atoms with van der Waals surface area (Å²) in [6.45, 7) is 2.14. The number of carbonyl (C=O) groups is 1. The van der Waals surface area contributed by atoms with Crippen LogP contribution in [0.15, 0.2) is 30.3 Å². The van der Waals surface area contributed by atoms with Gasteiger partial charge in [-0.3, -0.25) is 4.79 Å². The standard InChI is InChI=1S/C13H17NO2/c1-2-3-9-11-12(16-11)13(15)14-10-7-5-4-6-8-10/h4-8,11-12H,2-3,9H2,1H3,(H,14,15)/t11-,12-/m0/s1. The molecular formula is C13H17NO2. The number of carbonyl (C=O) groups excluding carboxylic acids is 1. The second-order valence-corrected chi connectivity index (χ2v) is 4.09. The molecule has 1 N–H and O–H groups in total. The average Bonchev–Trinajstić information content (AvgIpc) is 3.07. The lowest BCUT2D eigenvalue weighted by molar-refractivity contribution is -0.117. The van der Waals surface area contributed by atoms with Gasteiger partial charge >= 0.3 is 0 Å². The highest BCUT2D eigenvalue weighted by molar-refractivity contribution is 5.96. The maximum absolute atomic E-state index is 11.7. The summed E-state index contributed by atoms with van der Waals surface area (Å²) in [5, 5.41) is 2.85. The minimum Gasteiger partial charge on any atom is -0.359 e. The molecule has 86 valence electrons. The minimum absolute atomic E-state index is 0.0210. The first-order chi connectivity index (χ1) is 7.81. The van der Waals surface area contributed by atoms with Crippen LogP contribution in [0.3, 0.4) is 0 Å². The molecule has 2 atom stereocenters. The molecule has 1 fully saturated rings. The van der Waals surface area contributed by atoms with Gasteiger partial charge in [0.05, 0.1) is 6.10 Å². The third-order valence-electron chi connectivity index (χ3n) is 2.72. The lowest BCUT2D eigenvalue weighted by atomic mass is 10.1. The van der Waals surface area contributed by atoms with Crippen molar-refractivity contribution in [3.8, 4) is 0 Å². The summed E-state index contributed by atoms with van der Waals surface area (Å²) >= 11 is 0. The molecule has 0 aromatic heterocycles. The molecule has 1 saturated heterocycles. The number of anilines is 1. The van der Waals surface area contributed by atoms with Crippen LogP contribution in [0.4, 0.5) is 5.69 Å². The largest absolute Gasteiger partial charge is 0.359 e. The van der Waals surface area contributed by atoms with Crippen molar-refractivity contribution < 1.29 is 9.53 Å². The normalized spacial score (nSPS) is 22.8. The summed E-state index contributed by atoms with van der Waals surface area (Å²) in [6.07, 6.45) is 3.17. The van der Waals surface area contributed by atoms with E-state index >= 15 is 0 Å². The fraction of sp³-hybridized carbons (Fsp3) is 0.462. The van der Waals surface area contributed by atoms with Crippen molar-refractivity contribution in [2.75, 3.05) is 5.32 Å². The zero-order valence-electron chi connectivity index (χ0n) is 9.48. The van der Waals surface area contributed by atoms with Gasteiger partial charge in [0.2, 0.25) is 0 Å². The van der Waals surface area contributed by atoms with Crippen LogP contribution in [0.5, 0.6) is 0 Å². The molecule has 1 aliphatic rings. The molecule has 16 heavy (non-hydrogen) atoms. The second-order valence-electron chi connectivity index (χ2n) is 4.09. The number of benzene rings is 1. The Hall–Kier alpha value is -1.35. The Bertz CT molecular complexity index is 350. The molecule has 2 rings (SSSR count). The fourth-order valence-corrected chi connectivity index (χ4v) is 1.73. The quantitative estimate of drug-likeness (QED) is 0.773. The van der Waals surface area contributed by atoms with Crippen LogP contribution in [0.2, 0.25) is 0 Å². The molecule has 3 heteroatoms. The molecule has 1 aliphatic heterocycles. The van der Waals surface area contributed by atoms with Crippen molar-refractivity contribution in [1.29, 1.82) is 0 Å². The number of unbranched alkanes of at least 4 members (excludes halogenated alkanes) is 1. The van der Waals surface area contributed by atoms with Crippen molar-refractivity contribution in [2.24, 2.45) is 0 Å². The van der Waals surface area contributed by atoms with Crippen LogP contribution >= 0.6 is 0 Å². The van der Waals surface area contributed by atoms with E-state index < -0.39 is 0 Å². The number of epoxide rings is 1. The number of nitrogens with one attached hydrogen (secondary N) is 1. The summed E-state index contributed by atoms with van der Waals surface area (Å²) in [5.41, 5.74) is 0.831. The molecular weight excluding hydrogens is 202 g/mol. The first-order valence-electron chi connectivity index (χ1n) is 5.82. The minimum atomic E-state index is -0.230. The van der Waals surface area contributed by atoms with E-state index in [4.69, 9.17) is 4.74 Å². The van der Waals surface area contributed by atoms with E-state index in [1.807, 2.05) is 30.3 Å². The smallest absolute Gasteiger partial charge is 0.256 e. The molecule has 1 aromatic rings. The van der Waals surface area contributed by atoms with E-state index in [1.165, 1.54) is 0 Å². The molecule has 1 aromatic carbocycles. The molecule has 3 nitrogen and oxygen atoms in total.